The van der Waals surface area contributed by atoms with E-state index in [-0.39, 0.29) is 11.6 Å². The maximum absolute atomic E-state index is 13.8. The van der Waals surface area contributed by atoms with Crippen LogP contribution in [0.25, 0.3) is 0 Å². The number of nitrogens with zero attached hydrogens (tertiary/aromatic N) is 2. The molecule has 0 saturated carbocycles. The van der Waals surface area contributed by atoms with Crippen molar-refractivity contribution in [3.63, 3.8) is 0 Å². The summed E-state index contributed by atoms with van der Waals surface area (Å²) in [5.74, 6) is 4.84. The molecular weight excluding hydrogens is 238 g/mol. The van der Waals surface area contributed by atoms with Crippen molar-refractivity contribution in [2.45, 2.75) is 20.3 Å². The zero-order valence-corrected chi connectivity index (χ0v) is 10.6. The molecule has 1 aromatic rings. The monoisotopic (exact) mass is 256 g/mol. The van der Waals surface area contributed by atoms with Gasteiger partial charge in [-0.05, 0) is 18.3 Å². The molecule has 0 aliphatic carbocycles. The number of pyridine rings is 1. The van der Waals surface area contributed by atoms with Gasteiger partial charge >= 0.3 is 0 Å². The SMILES string of the molecule is CC1CCN(c2nc(NN)c(F)cc2F)CC1C. The Balaban J connectivity index is 2.28. The lowest BCUT2D eigenvalue weighted by atomic mass is 9.89. The fourth-order valence-electron chi connectivity index (χ4n) is 2.24. The summed E-state index contributed by atoms with van der Waals surface area (Å²) in [5.41, 5.74) is 2.14. The van der Waals surface area contributed by atoms with E-state index in [1.807, 2.05) is 4.90 Å². The summed E-state index contributed by atoms with van der Waals surface area (Å²) in [7, 11) is 0. The lowest BCUT2D eigenvalue weighted by Gasteiger charge is -2.36. The second kappa shape index (κ2) is 5.06. The van der Waals surface area contributed by atoms with E-state index in [0.29, 0.717) is 11.8 Å². The van der Waals surface area contributed by atoms with Gasteiger partial charge in [0.25, 0.3) is 0 Å². The van der Waals surface area contributed by atoms with Gasteiger partial charge in [0.2, 0.25) is 0 Å². The third-order valence-electron chi connectivity index (χ3n) is 3.68. The predicted octanol–water partition coefficient (Wildman–Crippen LogP) is 2.13. The van der Waals surface area contributed by atoms with E-state index in [1.54, 1.807) is 0 Å². The Morgan fingerprint density at radius 3 is 2.67 bits per heavy atom. The zero-order valence-electron chi connectivity index (χ0n) is 10.6. The minimum Gasteiger partial charge on any atom is -0.354 e. The number of piperidine rings is 1. The van der Waals surface area contributed by atoms with E-state index in [0.717, 1.165) is 25.6 Å². The second-order valence-electron chi connectivity index (χ2n) is 4.96. The summed E-state index contributed by atoms with van der Waals surface area (Å²) in [6.45, 7) is 5.76. The van der Waals surface area contributed by atoms with E-state index >= 15 is 0 Å². The van der Waals surface area contributed by atoms with Crippen LogP contribution in [-0.2, 0) is 0 Å². The Bertz CT molecular complexity index is 438. The van der Waals surface area contributed by atoms with Crippen molar-refractivity contribution in [3.8, 4) is 0 Å². The molecule has 1 saturated heterocycles. The average Bonchev–Trinajstić information content (AvgIpc) is 2.33. The Kier molecular flexibility index (Phi) is 3.65. The Morgan fingerprint density at radius 2 is 2.06 bits per heavy atom. The van der Waals surface area contributed by atoms with Crippen molar-refractivity contribution >= 4 is 11.6 Å². The highest BCUT2D eigenvalue weighted by molar-refractivity contribution is 5.49. The lowest BCUT2D eigenvalue weighted by molar-refractivity contribution is 0.321. The number of hydrazine groups is 1. The molecule has 0 radical (unpaired) electrons. The van der Waals surface area contributed by atoms with Crippen molar-refractivity contribution in [2.24, 2.45) is 17.7 Å². The molecule has 0 spiro atoms. The summed E-state index contributed by atoms with van der Waals surface area (Å²) in [6, 6.07) is 0.820. The second-order valence-corrected chi connectivity index (χ2v) is 4.96. The lowest BCUT2D eigenvalue weighted by Crippen LogP contribution is -2.39. The van der Waals surface area contributed by atoms with E-state index in [9.17, 15) is 8.78 Å². The summed E-state index contributed by atoms with van der Waals surface area (Å²) in [4.78, 5) is 5.76. The molecule has 0 aromatic carbocycles. The molecule has 0 bridgehead atoms. The highest BCUT2D eigenvalue weighted by Crippen LogP contribution is 2.29. The van der Waals surface area contributed by atoms with Gasteiger partial charge in [0.1, 0.15) is 0 Å². The number of hydrogen-bond donors (Lipinski definition) is 2. The molecule has 4 nitrogen and oxygen atoms in total. The summed E-state index contributed by atoms with van der Waals surface area (Å²) < 4.78 is 27.0. The van der Waals surface area contributed by atoms with Gasteiger partial charge in [-0.25, -0.2) is 19.6 Å². The van der Waals surface area contributed by atoms with Crippen molar-refractivity contribution in [3.05, 3.63) is 17.7 Å². The fraction of sp³-hybridized carbons (Fsp3) is 0.583. The predicted molar refractivity (Wildman–Crippen MR) is 67.1 cm³/mol. The average molecular weight is 256 g/mol. The Morgan fingerprint density at radius 1 is 1.33 bits per heavy atom. The molecule has 18 heavy (non-hydrogen) atoms. The third kappa shape index (κ3) is 2.38. The van der Waals surface area contributed by atoms with Crippen LogP contribution >= 0.6 is 0 Å². The molecule has 2 unspecified atom stereocenters. The third-order valence-corrected chi connectivity index (χ3v) is 3.68. The normalized spacial score (nSPS) is 24.2. The van der Waals surface area contributed by atoms with Crippen LogP contribution in [0.15, 0.2) is 6.07 Å². The molecule has 1 fully saturated rings. The van der Waals surface area contributed by atoms with E-state index < -0.39 is 11.6 Å². The number of nitrogens with one attached hydrogen (secondary N) is 1. The molecular formula is C12H18F2N4. The largest absolute Gasteiger partial charge is 0.354 e. The molecule has 6 heteroatoms. The van der Waals surface area contributed by atoms with Crippen LogP contribution in [0.2, 0.25) is 0 Å². The van der Waals surface area contributed by atoms with Gasteiger partial charge in [-0.2, -0.15) is 0 Å². The first-order chi connectivity index (χ1) is 8.52. The number of nitrogens with two attached hydrogens (primary N) is 1. The molecule has 2 rings (SSSR count). The van der Waals surface area contributed by atoms with Crippen LogP contribution in [0, 0.1) is 23.5 Å². The standard InChI is InChI=1S/C12H18F2N4/c1-7-3-4-18(6-8(7)2)12-10(14)5-9(13)11(16-12)17-15/h5,7-8H,3-4,6,15H2,1-2H3,(H,16,17). The summed E-state index contributed by atoms with van der Waals surface area (Å²) in [5, 5.41) is 0. The van der Waals surface area contributed by atoms with Crippen LogP contribution in [0.5, 0.6) is 0 Å². The van der Waals surface area contributed by atoms with Gasteiger partial charge in [0.15, 0.2) is 23.3 Å². The highest BCUT2D eigenvalue weighted by atomic mass is 19.1. The van der Waals surface area contributed by atoms with Gasteiger partial charge in [-0.1, -0.05) is 13.8 Å². The van der Waals surface area contributed by atoms with Crippen LogP contribution in [-0.4, -0.2) is 18.1 Å². The number of nitrogen functional groups attached to an aromatic ring is 1. The van der Waals surface area contributed by atoms with E-state index in [1.165, 1.54) is 0 Å². The number of rotatable bonds is 2. The van der Waals surface area contributed by atoms with Gasteiger partial charge in [0.05, 0.1) is 0 Å². The van der Waals surface area contributed by atoms with Crippen LogP contribution in [0.1, 0.15) is 20.3 Å². The fourth-order valence-corrected chi connectivity index (χ4v) is 2.24. The van der Waals surface area contributed by atoms with E-state index in [2.05, 4.69) is 24.3 Å². The van der Waals surface area contributed by atoms with Crippen molar-refractivity contribution in [1.82, 2.24) is 4.98 Å². The quantitative estimate of drug-likeness (QED) is 0.628. The highest BCUT2D eigenvalue weighted by Gasteiger charge is 2.26. The van der Waals surface area contributed by atoms with Crippen LogP contribution in [0.3, 0.4) is 0 Å². The topological polar surface area (TPSA) is 54.2 Å². The van der Waals surface area contributed by atoms with Crippen molar-refractivity contribution in [1.29, 1.82) is 0 Å². The molecule has 100 valence electrons. The Labute approximate surface area is 105 Å². The molecule has 1 aromatic heterocycles. The molecule has 3 N–H and O–H groups in total. The minimum atomic E-state index is -0.780. The first-order valence-corrected chi connectivity index (χ1v) is 6.10. The van der Waals surface area contributed by atoms with Gasteiger partial charge in [-0.3, -0.25) is 0 Å². The van der Waals surface area contributed by atoms with Crippen molar-refractivity contribution in [2.75, 3.05) is 23.4 Å². The number of anilines is 2. The number of halogens is 2. The first kappa shape index (κ1) is 13.0. The number of hydrogen-bond acceptors (Lipinski definition) is 4. The molecule has 0 amide bonds. The maximum atomic E-state index is 13.8. The van der Waals surface area contributed by atoms with Gasteiger partial charge in [-0.15, -0.1) is 0 Å². The summed E-state index contributed by atoms with van der Waals surface area (Å²) >= 11 is 0. The van der Waals surface area contributed by atoms with Crippen LogP contribution < -0.4 is 16.2 Å². The van der Waals surface area contributed by atoms with Gasteiger partial charge < -0.3 is 10.3 Å². The molecule has 2 heterocycles. The Hall–Kier alpha value is -1.43. The van der Waals surface area contributed by atoms with Gasteiger partial charge in [0, 0.05) is 19.2 Å². The molecule has 1 aliphatic heterocycles. The zero-order chi connectivity index (χ0) is 13.3. The molecule has 2 atom stereocenters. The van der Waals surface area contributed by atoms with E-state index in [4.69, 9.17) is 5.84 Å². The smallest absolute Gasteiger partial charge is 0.178 e. The minimum absolute atomic E-state index is 0.127. The van der Waals surface area contributed by atoms with Crippen LogP contribution in [0.4, 0.5) is 20.4 Å². The number of aromatic nitrogens is 1. The van der Waals surface area contributed by atoms with Crippen molar-refractivity contribution < 1.29 is 8.78 Å². The molecule has 1 aliphatic rings. The first-order valence-electron chi connectivity index (χ1n) is 6.10. The maximum Gasteiger partial charge on any atom is 0.178 e. The summed E-state index contributed by atoms with van der Waals surface area (Å²) in [6.07, 6.45) is 0.977.